The van der Waals surface area contributed by atoms with E-state index in [-0.39, 0.29) is 11.2 Å². The van der Waals surface area contributed by atoms with Crippen LogP contribution in [0, 0.1) is 5.41 Å². The minimum Gasteiger partial charge on any atom is -0.496 e. The van der Waals surface area contributed by atoms with E-state index in [1.807, 2.05) is 0 Å². The lowest BCUT2D eigenvalue weighted by Crippen LogP contribution is -2.42. The third kappa shape index (κ3) is 3.85. The van der Waals surface area contributed by atoms with Gasteiger partial charge in [-0.1, -0.05) is 42.4 Å². The highest BCUT2D eigenvalue weighted by molar-refractivity contribution is 7.99. The number of hydrogen-bond donors (Lipinski definition) is 2. The smallest absolute Gasteiger partial charge is 0.158 e. The van der Waals surface area contributed by atoms with Crippen LogP contribution in [0.25, 0.3) is 0 Å². The molecule has 1 saturated heterocycles. The van der Waals surface area contributed by atoms with Crippen molar-refractivity contribution in [2.24, 2.45) is 5.41 Å². The van der Waals surface area contributed by atoms with Crippen molar-refractivity contribution in [3.05, 3.63) is 52.8 Å². The number of hydrogen-bond acceptors (Lipinski definition) is 8. The summed E-state index contributed by atoms with van der Waals surface area (Å²) in [4.78, 5) is 16.3. The molecule has 0 bridgehead atoms. The molecule has 5 rings (SSSR count). The average Bonchev–Trinajstić information content (AvgIpc) is 3.10. The Labute approximate surface area is 202 Å². The van der Waals surface area contributed by atoms with Crippen LogP contribution in [0.5, 0.6) is 5.75 Å². The van der Waals surface area contributed by atoms with Crippen LogP contribution in [0.2, 0.25) is 5.02 Å². The second-order valence-corrected chi connectivity index (χ2v) is 10.2. The quantitative estimate of drug-likeness (QED) is 0.546. The molecule has 172 valence electrons. The van der Waals surface area contributed by atoms with Gasteiger partial charge in [-0.2, -0.15) is 0 Å². The van der Waals surface area contributed by atoms with Gasteiger partial charge in [0.2, 0.25) is 0 Å². The van der Waals surface area contributed by atoms with E-state index in [1.165, 1.54) is 22.9 Å². The van der Waals surface area contributed by atoms with Crippen LogP contribution in [-0.2, 0) is 6.42 Å². The molecule has 2 aromatic heterocycles. The van der Waals surface area contributed by atoms with E-state index in [0.29, 0.717) is 21.8 Å². The Balaban J connectivity index is 1.30. The normalized spacial score (nSPS) is 19.0. The van der Waals surface area contributed by atoms with Crippen molar-refractivity contribution in [1.29, 1.82) is 0 Å². The lowest BCUT2D eigenvalue weighted by atomic mass is 9.70. The van der Waals surface area contributed by atoms with Gasteiger partial charge in [-0.25, -0.2) is 15.0 Å². The van der Waals surface area contributed by atoms with E-state index in [2.05, 4.69) is 45.0 Å². The van der Waals surface area contributed by atoms with Gasteiger partial charge in [0.25, 0.3) is 0 Å². The molecule has 9 heteroatoms. The number of pyridine rings is 1. The number of nitrogen functional groups attached to an aromatic ring is 2. The fourth-order valence-corrected chi connectivity index (χ4v) is 6.25. The highest BCUT2D eigenvalue weighted by Gasteiger charge is 2.46. The number of aromatic nitrogens is 3. The largest absolute Gasteiger partial charge is 0.496 e. The number of anilines is 3. The minimum atomic E-state index is 0.264. The number of rotatable bonds is 4. The zero-order valence-electron chi connectivity index (χ0n) is 18.7. The second-order valence-electron chi connectivity index (χ2n) is 8.80. The molecule has 1 aromatic carbocycles. The number of nitrogens with zero attached hydrogens (tertiary/aromatic N) is 4. The van der Waals surface area contributed by atoms with Crippen LogP contribution >= 0.6 is 23.4 Å². The van der Waals surface area contributed by atoms with Crippen LogP contribution in [0.4, 0.5) is 17.5 Å². The van der Waals surface area contributed by atoms with Crippen LogP contribution in [-0.4, -0.2) is 35.2 Å². The van der Waals surface area contributed by atoms with Gasteiger partial charge in [0.05, 0.1) is 18.3 Å². The van der Waals surface area contributed by atoms with Crippen LogP contribution in [0.1, 0.15) is 36.8 Å². The van der Waals surface area contributed by atoms with Gasteiger partial charge in [0, 0.05) is 24.2 Å². The number of piperidine rings is 1. The number of halogens is 1. The van der Waals surface area contributed by atoms with Gasteiger partial charge in [-0.05, 0) is 53.9 Å². The monoisotopic (exact) mass is 482 g/mol. The molecule has 0 saturated carbocycles. The summed E-state index contributed by atoms with van der Waals surface area (Å²) in [7, 11) is 1.76. The molecule has 3 aromatic rings. The number of methoxy groups -OCH3 is 1. The van der Waals surface area contributed by atoms with Gasteiger partial charge < -0.3 is 21.1 Å². The highest BCUT2D eigenvalue weighted by Crippen LogP contribution is 2.55. The van der Waals surface area contributed by atoms with E-state index < -0.39 is 0 Å². The average molecular weight is 483 g/mol. The summed E-state index contributed by atoms with van der Waals surface area (Å²) in [6.07, 6.45) is 6.67. The number of fused-ring (bicyclic) bond motifs is 1. The Kier molecular flexibility index (Phi) is 5.74. The first-order chi connectivity index (χ1) is 15.9. The second kappa shape index (κ2) is 8.57. The van der Waals surface area contributed by atoms with Crippen LogP contribution in [0.15, 0.2) is 46.6 Å². The van der Waals surface area contributed by atoms with Crippen molar-refractivity contribution in [3.63, 3.8) is 0 Å². The Morgan fingerprint density at radius 1 is 1.15 bits per heavy atom. The molecular weight excluding hydrogens is 456 g/mol. The fourth-order valence-electron chi connectivity index (χ4n) is 5.23. The summed E-state index contributed by atoms with van der Waals surface area (Å²) in [6.45, 7) is 4.21. The molecule has 1 atom stereocenters. The minimum absolute atomic E-state index is 0.264. The standard InChI is InChI=1S/C24H27ClN6OS/c1-14-15-4-3-5-17(32-2)16(15)12-24(14)7-10-31(11-8-24)19-13-29-23(22(27)30-19)33-18-6-9-28-21(26)20(18)25/h3-6,9,13-14H,7-8,10-12H2,1-2H3,(H2,26,28)(H2,27,30)/t14-/m1/s1. The van der Waals surface area contributed by atoms with Gasteiger partial charge in [0.1, 0.15) is 22.4 Å². The zero-order valence-corrected chi connectivity index (χ0v) is 20.3. The Morgan fingerprint density at radius 2 is 1.94 bits per heavy atom. The topological polar surface area (TPSA) is 103 Å². The molecule has 2 aliphatic rings. The van der Waals surface area contributed by atoms with Gasteiger partial charge in [-0.15, -0.1) is 0 Å². The van der Waals surface area contributed by atoms with Crippen molar-refractivity contribution in [1.82, 2.24) is 15.0 Å². The number of nitrogens with two attached hydrogens (primary N) is 2. The SMILES string of the molecule is COc1cccc2c1CC1(CCN(c3cnc(Sc4ccnc(N)c4Cl)c(N)n3)CC1)[C@@H]2C. The van der Waals surface area contributed by atoms with Crippen molar-refractivity contribution >= 4 is 40.8 Å². The lowest BCUT2D eigenvalue weighted by molar-refractivity contribution is 0.193. The summed E-state index contributed by atoms with van der Waals surface area (Å²) in [5.41, 5.74) is 15.1. The van der Waals surface area contributed by atoms with Gasteiger partial charge in [0.15, 0.2) is 5.82 Å². The lowest BCUT2D eigenvalue weighted by Gasteiger charge is -2.42. The molecule has 1 fully saturated rings. The molecule has 33 heavy (non-hydrogen) atoms. The van der Waals surface area contributed by atoms with Gasteiger partial charge >= 0.3 is 0 Å². The Hall–Kier alpha value is -2.71. The molecule has 1 spiro atoms. The maximum Gasteiger partial charge on any atom is 0.158 e. The first-order valence-corrected chi connectivity index (χ1v) is 12.2. The molecule has 1 aliphatic heterocycles. The first-order valence-electron chi connectivity index (χ1n) is 11.0. The predicted octanol–water partition coefficient (Wildman–Crippen LogP) is 4.80. The summed E-state index contributed by atoms with van der Waals surface area (Å²) < 4.78 is 5.65. The molecule has 3 heterocycles. The van der Waals surface area contributed by atoms with Crippen molar-refractivity contribution in [3.8, 4) is 5.75 Å². The Bertz CT molecular complexity index is 1200. The summed E-state index contributed by atoms with van der Waals surface area (Å²) in [5, 5.41) is 1.00. The van der Waals surface area contributed by atoms with Crippen molar-refractivity contribution < 1.29 is 4.74 Å². The molecule has 0 radical (unpaired) electrons. The van der Waals surface area contributed by atoms with Crippen LogP contribution < -0.4 is 21.1 Å². The zero-order chi connectivity index (χ0) is 23.2. The maximum absolute atomic E-state index is 6.27. The third-order valence-corrected chi connectivity index (χ3v) is 8.80. The Morgan fingerprint density at radius 3 is 2.67 bits per heavy atom. The van der Waals surface area contributed by atoms with Crippen LogP contribution in [0.3, 0.4) is 0 Å². The van der Waals surface area contributed by atoms with Gasteiger partial charge in [-0.3, -0.25) is 0 Å². The van der Waals surface area contributed by atoms with E-state index in [1.54, 1.807) is 25.6 Å². The molecule has 0 unspecified atom stereocenters. The maximum atomic E-state index is 6.27. The number of ether oxygens (including phenoxy) is 1. The summed E-state index contributed by atoms with van der Waals surface area (Å²) >= 11 is 7.60. The summed E-state index contributed by atoms with van der Waals surface area (Å²) in [5.74, 6) is 3.01. The van der Waals surface area contributed by atoms with Crippen molar-refractivity contribution in [2.45, 2.75) is 42.0 Å². The molecular formula is C24H27ClN6OS. The van der Waals surface area contributed by atoms with E-state index in [4.69, 9.17) is 27.8 Å². The highest BCUT2D eigenvalue weighted by atomic mass is 35.5. The summed E-state index contributed by atoms with van der Waals surface area (Å²) in [6, 6.07) is 8.23. The molecule has 7 nitrogen and oxygen atoms in total. The fraction of sp³-hybridized carbons (Fsp3) is 0.375. The van der Waals surface area contributed by atoms with E-state index in [0.717, 1.165) is 48.8 Å². The molecule has 1 aliphatic carbocycles. The molecule has 0 amide bonds. The third-order valence-electron chi connectivity index (χ3n) is 7.23. The molecule has 4 N–H and O–H groups in total. The van der Waals surface area contributed by atoms with E-state index >= 15 is 0 Å². The van der Waals surface area contributed by atoms with Crippen molar-refractivity contribution in [2.75, 3.05) is 36.6 Å². The first kappa shape index (κ1) is 22.1. The van der Waals surface area contributed by atoms with E-state index in [9.17, 15) is 0 Å². The number of benzene rings is 1. The predicted molar refractivity (Wildman–Crippen MR) is 133 cm³/mol.